The first-order chi connectivity index (χ1) is 11.7. The third kappa shape index (κ3) is 4.55. The van der Waals surface area contributed by atoms with E-state index < -0.39 is 0 Å². The first-order valence-corrected chi connectivity index (χ1v) is 8.62. The molecule has 24 heavy (non-hydrogen) atoms. The predicted octanol–water partition coefficient (Wildman–Crippen LogP) is 1.50. The highest BCUT2D eigenvalue weighted by molar-refractivity contribution is 5.97. The first-order valence-electron chi connectivity index (χ1n) is 8.62. The van der Waals surface area contributed by atoms with Gasteiger partial charge in [-0.15, -0.1) is 0 Å². The standard InChI is InChI=1S/C18H24N2O4/c21-17(19-11-15-3-1-9-23-15)13-5-7-14(8-6-13)18(22)20-12-16-4-2-10-24-16/h5-8,15-16H,1-4,9-12H2,(H,19,21)(H,20,22)/t15-,16-/m0/s1. The molecule has 2 atom stereocenters. The van der Waals surface area contributed by atoms with Crippen molar-refractivity contribution >= 4 is 11.8 Å². The number of benzene rings is 1. The summed E-state index contributed by atoms with van der Waals surface area (Å²) in [4.78, 5) is 24.2. The van der Waals surface area contributed by atoms with Gasteiger partial charge in [-0.25, -0.2) is 0 Å². The molecule has 6 nitrogen and oxygen atoms in total. The van der Waals surface area contributed by atoms with E-state index in [1.807, 2.05) is 0 Å². The van der Waals surface area contributed by atoms with E-state index in [0.29, 0.717) is 24.2 Å². The molecule has 1 aromatic carbocycles. The number of amides is 2. The minimum atomic E-state index is -0.142. The zero-order chi connectivity index (χ0) is 16.8. The van der Waals surface area contributed by atoms with Crippen molar-refractivity contribution in [3.05, 3.63) is 35.4 Å². The monoisotopic (exact) mass is 332 g/mol. The summed E-state index contributed by atoms with van der Waals surface area (Å²) in [5, 5.41) is 5.74. The third-order valence-corrected chi connectivity index (χ3v) is 4.44. The average Bonchev–Trinajstić information content (AvgIpc) is 3.31. The van der Waals surface area contributed by atoms with Crippen LogP contribution in [-0.4, -0.2) is 50.3 Å². The Hall–Kier alpha value is -1.92. The Morgan fingerprint density at radius 1 is 0.833 bits per heavy atom. The molecule has 0 bridgehead atoms. The van der Waals surface area contributed by atoms with Crippen LogP contribution >= 0.6 is 0 Å². The highest BCUT2D eigenvalue weighted by Gasteiger charge is 2.18. The van der Waals surface area contributed by atoms with Gasteiger partial charge in [0.15, 0.2) is 0 Å². The van der Waals surface area contributed by atoms with E-state index in [2.05, 4.69) is 10.6 Å². The van der Waals surface area contributed by atoms with Crippen molar-refractivity contribution in [2.24, 2.45) is 0 Å². The van der Waals surface area contributed by atoms with Crippen LogP contribution in [0, 0.1) is 0 Å². The Morgan fingerprint density at radius 3 is 1.58 bits per heavy atom. The molecule has 3 rings (SSSR count). The molecule has 1 aromatic rings. The Bertz CT molecular complexity index is 510. The molecule has 2 amide bonds. The van der Waals surface area contributed by atoms with E-state index >= 15 is 0 Å². The van der Waals surface area contributed by atoms with Crippen LogP contribution in [0.25, 0.3) is 0 Å². The third-order valence-electron chi connectivity index (χ3n) is 4.44. The molecule has 0 aromatic heterocycles. The Balaban J connectivity index is 1.46. The second kappa shape index (κ2) is 8.26. The number of carbonyl (C=O) groups is 2. The zero-order valence-electron chi connectivity index (χ0n) is 13.8. The molecule has 0 radical (unpaired) electrons. The zero-order valence-corrected chi connectivity index (χ0v) is 13.8. The lowest BCUT2D eigenvalue weighted by atomic mass is 10.1. The topological polar surface area (TPSA) is 76.7 Å². The van der Waals surface area contributed by atoms with E-state index in [1.54, 1.807) is 24.3 Å². The fraction of sp³-hybridized carbons (Fsp3) is 0.556. The van der Waals surface area contributed by atoms with E-state index in [9.17, 15) is 9.59 Å². The molecule has 2 heterocycles. The lowest BCUT2D eigenvalue weighted by Crippen LogP contribution is -2.32. The van der Waals surface area contributed by atoms with E-state index in [4.69, 9.17) is 9.47 Å². The molecule has 2 N–H and O–H groups in total. The fourth-order valence-electron chi connectivity index (χ4n) is 3.00. The van der Waals surface area contributed by atoms with Crippen molar-refractivity contribution in [3.8, 4) is 0 Å². The first kappa shape index (κ1) is 16.9. The Kier molecular flexibility index (Phi) is 5.82. The van der Waals surface area contributed by atoms with Crippen molar-refractivity contribution in [3.63, 3.8) is 0 Å². The molecule has 2 saturated heterocycles. The van der Waals surface area contributed by atoms with Crippen molar-refractivity contribution in [1.29, 1.82) is 0 Å². The number of nitrogens with one attached hydrogen (secondary N) is 2. The van der Waals surface area contributed by atoms with Crippen molar-refractivity contribution in [1.82, 2.24) is 10.6 Å². The summed E-state index contributed by atoms with van der Waals surface area (Å²) in [6.45, 7) is 2.61. The molecule has 2 aliphatic rings. The summed E-state index contributed by atoms with van der Waals surface area (Å²) in [6, 6.07) is 6.69. The number of hydrogen-bond donors (Lipinski definition) is 2. The smallest absolute Gasteiger partial charge is 0.251 e. The van der Waals surface area contributed by atoms with Crippen molar-refractivity contribution in [2.45, 2.75) is 37.9 Å². The van der Waals surface area contributed by atoms with Gasteiger partial charge >= 0.3 is 0 Å². The summed E-state index contributed by atoms with van der Waals surface area (Å²) >= 11 is 0. The summed E-state index contributed by atoms with van der Waals surface area (Å²) in [6.07, 6.45) is 4.33. The van der Waals surface area contributed by atoms with Gasteiger partial charge in [0.1, 0.15) is 0 Å². The van der Waals surface area contributed by atoms with Gasteiger partial charge in [-0.3, -0.25) is 9.59 Å². The second-order valence-electron chi connectivity index (χ2n) is 6.27. The molecule has 130 valence electrons. The molecule has 0 saturated carbocycles. The van der Waals surface area contributed by atoms with E-state index in [-0.39, 0.29) is 24.0 Å². The maximum Gasteiger partial charge on any atom is 0.251 e. The highest BCUT2D eigenvalue weighted by Crippen LogP contribution is 2.12. The lowest BCUT2D eigenvalue weighted by Gasteiger charge is -2.12. The molecular formula is C18H24N2O4. The van der Waals surface area contributed by atoms with Crippen LogP contribution < -0.4 is 10.6 Å². The van der Waals surface area contributed by atoms with E-state index in [1.165, 1.54) is 0 Å². The molecule has 0 spiro atoms. The minimum Gasteiger partial charge on any atom is -0.376 e. The van der Waals surface area contributed by atoms with Gasteiger partial charge in [-0.2, -0.15) is 0 Å². The van der Waals surface area contributed by atoms with Gasteiger partial charge in [-0.1, -0.05) is 0 Å². The van der Waals surface area contributed by atoms with Crippen molar-refractivity contribution < 1.29 is 19.1 Å². The van der Waals surface area contributed by atoms with Gasteiger partial charge in [0, 0.05) is 37.4 Å². The minimum absolute atomic E-state index is 0.122. The van der Waals surface area contributed by atoms with Crippen LogP contribution in [0.5, 0.6) is 0 Å². The quantitative estimate of drug-likeness (QED) is 0.828. The molecular weight excluding hydrogens is 308 g/mol. The van der Waals surface area contributed by atoms with Gasteiger partial charge in [0.25, 0.3) is 11.8 Å². The normalized spacial score (nSPS) is 23.2. The fourth-order valence-corrected chi connectivity index (χ4v) is 3.00. The summed E-state index contributed by atoms with van der Waals surface area (Å²) < 4.78 is 11.0. The van der Waals surface area contributed by atoms with Gasteiger partial charge in [0.2, 0.25) is 0 Å². The van der Waals surface area contributed by atoms with Crippen LogP contribution in [-0.2, 0) is 9.47 Å². The molecule has 2 aliphatic heterocycles. The molecule has 0 aliphatic carbocycles. The number of hydrogen-bond acceptors (Lipinski definition) is 4. The lowest BCUT2D eigenvalue weighted by molar-refractivity contribution is 0.0851. The van der Waals surface area contributed by atoms with E-state index in [0.717, 1.165) is 38.9 Å². The number of rotatable bonds is 6. The van der Waals surface area contributed by atoms with Gasteiger partial charge in [0.05, 0.1) is 12.2 Å². The van der Waals surface area contributed by atoms with Crippen LogP contribution in [0.3, 0.4) is 0 Å². The number of ether oxygens (including phenoxy) is 2. The molecule has 0 unspecified atom stereocenters. The predicted molar refractivity (Wildman–Crippen MR) is 89.1 cm³/mol. The van der Waals surface area contributed by atoms with Gasteiger partial charge < -0.3 is 20.1 Å². The summed E-state index contributed by atoms with van der Waals surface area (Å²) in [5.74, 6) is -0.284. The maximum absolute atomic E-state index is 12.1. The van der Waals surface area contributed by atoms with Crippen LogP contribution in [0.15, 0.2) is 24.3 Å². The van der Waals surface area contributed by atoms with Crippen LogP contribution in [0.2, 0.25) is 0 Å². The average molecular weight is 332 g/mol. The summed E-state index contributed by atoms with van der Waals surface area (Å²) in [7, 11) is 0. The Morgan fingerprint density at radius 2 is 1.25 bits per heavy atom. The second-order valence-corrected chi connectivity index (χ2v) is 6.27. The molecule has 6 heteroatoms. The van der Waals surface area contributed by atoms with Gasteiger partial charge in [-0.05, 0) is 49.9 Å². The maximum atomic E-state index is 12.1. The van der Waals surface area contributed by atoms with Crippen LogP contribution in [0.4, 0.5) is 0 Å². The molecule has 2 fully saturated rings. The number of carbonyl (C=O) groups excluding carboxylic acids is 2. The summed E-state index contributed by atoms with van der Waals surface area (Å²) in [5.41, 5.74) is 1.09. The SMILES string of the molecule is O=C(NC[C@@H]1CCCO1)c1ccc(C(=O)NC[C@@H]2CCCO2)cc1. The highest BCUT2D eigenvalue weighted by atomic mass is 16.5. The van der Waals surface area contributed by atoms with Crippen LogP contribution in [0.1, 0.15) is 46.4 Å². The Labute approximate surface area is 141 Å². The van der Waals surface area contributed by atoms with Crippen molar-refractivity contribution in [2.75, 3.05) is 26.3 Å². The largest absolute Gasteiger partial charge is 0.376 e.